The van der Waals surface area contributed by atoms with E-state index in [1.165, 1.54) is 0 Å². The normalized spacial score (nSPS) is 14.1. The molecule has 2 N–H and O–H groups in total. The molecule has 0 fully saturated rings. The van der Waals surface area contributed by atoms with Crippen molar-refractivity contribution in [3.05, 3.63) is 17.7 Å². The maximum absolute atomic E-state index is 9.04. The van der Waals surface area contributed by atoms with Crippen LogP contribution in [0.4, 0.5) is 0 Å². The van der Waals surface area contributed by atoms with Gasteiger partial charge in [0.15, 0.2) is 11.5 Å². The summed E-state index contributed by atoms with van der Waals surface area (Å²) in [6.45, 7) is 7.17. The summed E-state index contributed by atoms with van der Waals surface area (Å²) in [7, 11) is 1.63. The minimum absolute atomic E-state index is 0.0760. The first-order valence-corrected chi connectivity index (χ1v) is 7.34. The predicted molar refractivity (Wildman–Crippen MR) is 81.2 cm³/mol. The zero-order valence-electron chi connectivity index (χ0n) is 13.1. The van der Waals surface area contributed by atoms with Crippen LogP contribution in [0.2, 0.25) is 0 Å². The zero-order valence-corrected chi connectivity index (χ0v) is 13.1. The second-order valence-corrected chi connectivity index (χ2v) is 6.06. The highest BCUT2D eigenvalue weighted by molar-refractivity contribution is 5.54. The Morgan fingerprint density at radius 2 is 2.05 bits per heavy atom. The Morgan fingerprint density at radius 1 is 1.29 bits per heavy atom. The highest BCUT2D eigenvalue weighted by atomic mass is 16.6. The molecule has 0 spiro atoms. The van der Waals surface area contributed by atoms with Gasteiger partial charge in [0.05, 0.1) is 7.11 Å². The van der Waals surface area contributed by atoms with E-state index in [-0.39, 0.29) is 12.0 Å². The average Bonchev–Trinajstić information content (AvgIpc) is 2.46. The van der Waals surface area contributed by atoms with Gasteiger partial charge in [-0.1, -0.05) is 13.8 Å². The van der Waals surface area contributed by atoms with E-state index in [0.717, 1.165) is 30.8 Å². The fourth-order valence-corrected chi connectivity index (χ4v) is 2.37. The number of methoxy groups -OCH3 is 1. The van der Waals surface area contributed by atoms with E-state index in [1.807, 2.05) is 12.1 Å². The molecule has 5 heteroatoms. The van der Waals surface area contributed by atoms with Crippen LogP contribution < -0.4 is 19.5 Å². The largest absolute Gasteiger partial charge is 0.493 e. The lowest BCUT2D eigenvalue weighted by atomic mass is 9.90. The standard InChI is InChI=1S/C16H25NO4/c1-16(2,4-5-18)11-17-10-12-8-13(19-3)15-14(9-12)20-6-7-21-15/h8-9,17-18H,4-7,10-11H2,1-3H3. The number of hydrogen-bond acceptors (Lipinski definition) is 5. The molecular weight excluding hydrogens is 270 g/mol. The van der Waals surface area contributed by atoms with Crippen LogP contribution in [-0.4, -0.2) is 38.6 Å². The molecule has 0 unspecified atom stereocenters. The van der Waals surface area contributed by atoms with Crippen molar-refractivity contribution in [2.24, 2.45) is 5.41 Å². The summed E-state index contributed by atoms with van der Waals surface area (Å²) >= 11 is 0. The minimum atomic E-state index is 0.0760. The number of ether oxygens (including phenoxy) is 3. The van der Waals surface area contributed by atoms with Crippen LogP contribution in [0.15, 0.2) is 12.1 Å². The summed E-state index contributed by atoms with van der Waals surface area (Å²) in [5.41, 5.74) is 1.17. The summed E-state index contributed by atoms with van der Waals surface area (Å²) in [5.74, 6) is 2.14. The maximum atomic E-state index is 9.04. The van der Waals surface area contributed by atoms with Gasteiger partial charge in [-0.2, -0.15) is 0 Å². The van der Waals surface area contributed by atoms with Gasteiger partial charge >= 0.3 is 0 Å². The first-order chi connectivity index (χ1) is 10.1. The van der Waals surface area contributed by atoms with Crippen LogP contribution in [0.3, 0.4) is 0 Å². The van der Waals surface area contributed by atoms with Gasteiger partial charge in [-0.05, 0) is 29.5 Å². The van der Waals surface area contributed by atoms with Gasteiger partial charge in [0.2, 0.25) is 5.75 Å². The third kappa shape index (κ3) is 4.25. The predicted octanol–water partition coefficient (Wildman–Crippen LogP) is 1.96. The van der Waals surface area contributed by atoms with Crippen molar-refractivity contribution in [2.75, 3.05) is 33.5 Å². The van der Waals surface area contributed by atoms with E-state index >= 15 is 0 Å². The van der Waals surface area contributed by atoms with Crippen molar-refractivity contribution in [1.29, 1.82) is 0 Å². The third-order valence-corrected chi connectivity index (χ3v) is 3.61. The number of benzene rings is 1. The summed E-state index contributed by atoms with van der Waals surface area (Å²) in [6, 6.07) is 3.96. The molecule has 1 aliphatic rings. The Balaban J connectivity index is 2.00. The summed E-state index contributed by atoms with van der Waals surface area (Å²) in [6.07, 6.45) is 0.782. The molecular formula is C16H25NO4. The molecule has 0 amide bonds. The van der Waals surface area contributed by atoms with Crippen LogP contribution >= 0.6 is 0 Å². The van der Waals surface area contributed by atoms with Crippen LogP contribution in [0.25, 0.3) is 0 Å². The third-order valence-electron chi connectivity index (χ3n) is 3.61. The van der Waals surface area contributed by atoms with Crippen LogP contribution in [0.5, 0.6) is 17.2 Å². The van der Waals surface area contributed by atoms with Gasteiger partial charge in [-0.3, -0.25) is 0 Å². The fraction of sp³-hybridized carbons (Fsp3) is 0.625. The second-order valence-electron chi connectivity index (χ2n) is 6.06. The lowest BCUT2D eigenvalue weighted by Gasteiger charge is -2.25. The molecule has 0 bridgehead atoms. The number of aliphatic hydroxyl groups is 1. The van der Waals surface area contributed by atoms with Crippen molar-refractivity contribution in [3.8, 4) is 17.2 Å². The van der Waals surface area contributed by atoms with Crippen LogP contribution in [-0.2, 0) is 6.54 Å². The number of rotatable bonds is 7. The molecule has 0 radical (unpaired) electrons. The van der Waals surface area contributed by atoms with Gasteiger partial charge in [-0.25, -0.2) is 0 Å². The molecule has 118 valence electrons. The topological polar surface area (TPSA) is 60.0 Å². The fourth-order valence-electron chi connectivity index (χ4n) is 2.37. The minimum Gasteiger partial charge on any atom is -0.493 e. The van der Waals surface area contributed by atoms with Crippen molar-refractivity contribution in [2.45, 2.75) is 26.8 Å². The van der Waals surface area contributed by atoms with E-state index in [1.54, 1.807) is 7.11 Å². The molecule has 0 aromatic heterocycles. The molecule has 0 saturated heterocycles. The summed E-state index contributed by atoms with van der Waals surface area (Å²) in [4.78, 5) is 0. The first-order valence-electron chi connectivity index (χ1n) is 7.34. The number of aliphatic hydroxyl groups excluding tert-OH is 1. The molecule has 1 aromatic carbocycles. The van der Waals surface area contributed by atoms with Crippen molar-refractivity contribution >= 4 is 0 Å². The van der Waals surface area contributed by atoms with Crippen LogP contribution in [0.1, 0.15) is 25.8 Å². The molecule has 0 aliphatic carbocycles. The molecule has 0 atom stereocenters. The molecule has 0 saturated carbocycles. The SMILES string of the molecule is COc1cc(CNCC(C)(C)CCO)cc2c1OCCO2. The summed E-state index contributed by atoms with van der Waals surface area (Å²) < 4.78 is 16.6. The summed E-state index contributed by atoms with van der Waals surface area (Å²) in [5, 5.41) is 12.5. The quantitative estimate of drug-likeness (QED) is 0.805. The highest BCUT2D eigenvalue weighted by Gasteiger charge is 2.19. The Hall–Kier alpha value is -1.46. The maximum Gasteiger partial charge on any atom is 0.203 e. The molecule has 1 heterocycles. The van der Waals surface area contributed by atoms with E-state index < -0.39 is 0 Å². The van der Waals surface area contributed by atoms with Gasteiger partial charge in [0, 0.05) is 19.7 Å². The zero-order chi connectivity index (χ0) is 15.3. The van der Waals surface area contributed by atoms with E-state index in [0.29, 0.717) is 24.7 Å². The Morgan fingerprint density at radius 3 is 2.76 bits per heavy atom. The van der Waals surface area contributed by atoms with Crippen LogP contribution in [0, 0.1) is 5.41 Å². The van der Waals surface area contributed by atoms with Gasteiger partial charge < -0.3 is 24.6 Å². The molecule has 21 heavy (non-hydrogen) atoms. The second kappa shape index (κ2) is 7.00. The van der Waals surface area contributed by atoms with E-state index in [2.05, 4.69) is 19.2 Å². The lowest BCUT2D eigenvalue weighted by molar-refractivity contribution is 0.165. The highest BCUT2D eigenvalue weighted by Crippen LogP contribution is 2.40. The molecule has 1 aliphatic heterocycles. The number of fused-ring (bicyclic) bond motifs is 1. The first kappa shape index (κ1) is 15.9. The smallest absolute Gasteiger partial charge is 0.203 e. The van der Waals surface area contributed by atoms with Crippen molar-refractivity contribution < 1.29 is 19.3 Å². The molecule has 1 aromatic rings. The molecule has 2 rings (SSSR count). The number of hydrogen-bond donors (Lipinski definition) is 2. The number of nitrogens with one attached hydrogen (secondary N) is 1. The molecule has 5 nitrogen and oxygen atoms in total. The Labute approximate surface area is 126 Å². The van der Waals surface area contributed by atoms with E-state index in [4.69, 9.17) is 19.3 Å². The van der Waals surface area contributed by atoms with Gasteiger partial charge in [0.25, 0.3) is 0 Å². The van der Waals surface area contributed by atoms with Crippen molar-refractivity contribution in [3.63, 3.8) is 0 Å². The average molecular weight is 295 g/mol. The Bertz CT molecular complexity index is 456. The van der Waals surface area contributed by atoms with Gasteiger partial charge in [0.1, 0.15) is 13.2 Å². The van der Waals surface area contributed by atoms with Gasteiger partial charge in [-0.15, -0.1) is 0 Å². The Kier molecular flexibility index (Phi) is 5.31. The van der Waals surface area contributed by atoms with Crippen molar-refractivity contribution in [1.82, 2.24) is 5.32 Å². The monoisotopic (exact) mass is 295 g/mol. The lowest BCUT2D eigenvalue weighted by Crippen LogP contribution is -2.30. The van der Waals surface area contributed by atoms with E-state index in [9.17, 15) is 0 Å².